The minimum Gasteiger partial charge on any atom is -0.869 e. The van der Waals surface area contributed by atoms with Crippen LogP contribution in [0.2, 0.25) is 0 Å². The molecule has 0 aliphatic rings. The number of benzene rings is 2. The third kappa shape index (κ3) is 5.37. The molecule has 137 valence electrons. The number of rotatable bonds is 2. The van der Waals surface area contributed by atoms with Gasteiger partial charge in [0.25, 0.3) is 0 Å². The molecule has 25 heavy (non-hydrogen) atoms. The molecule has 0 aliphatic carbocycles. The van der Waals surface area contributed by atoms with Gasteiger partial charge in [-0.1, -0.05) is 23.6 Å². The standard InChI is InChI=1S/2C7H7NO4.Cu/c2*9-5-2-1-4(3-8-12)6(10)7(5)11;/h2*1-3,9-12H;/q;;+2/p-4/b2*8-3+;. The second-order valence-corrected chi connectivity index (χ2v) is 4.17. The van der Waals surface area contributed by atoms with Gasteiger partial charge in [-0.05, 0) is 23.3 Å². The smallest absolute Gasteiger partial charge is 0.869 e. The van der Waals surface area contributed by atoms with E-state index in [1.54, 1.807) is 0 Å². The molecule has 0 fully saturated rings. The van der Waals surface area contributed by atoms with Crippen molar-refractivity contribution >= 4 is 12.4 Å². The molecular formula is C14H10CuN2O8-2. The van der Waals surface area contributed by atoms with Crippen molar-refractivity contribution in [3.8, 4) is 34.5 Å². The fourth-order valence-electron chi connectivity index (χ4n) is 1.47. The van der Waals surface area contributed by atoms with Crippen LogP contribution in [0.4, 0.5) is 0 Å². The predicted octanol–water partition coefficient (Wildman–Crippen LogP) is 0.174. The number of phenolic OH excluding ortho intramolecular Hbond substituents is 4. The minimum atomic E-state index is -0.811. The molecule has 4 N–H and O–H groups in total. The summed E-state index contributed by atoms with van der Waals surface area (Å²) in [6.45, 7) is 0. The quantitative estimate of drug-likeness (QED) is 0.238. The molecule has 2 aromatic rings. The van der Waals surface area contributed by atoms with Crippen LogP contribution >= 0.6 is 0 Å². The molecule has 0 aromatic heterocycles. The van der Waals surface area contributed by atoms with E-state index >= 15 is 0 Å². The van der Waals surface area contributed by atoms with Gasteiger partial charge in [0.1, 0.15) is 11.5 Å². The zero-order valence-corrected chi connectivity index (χ0v) is 13.0. The summed E-state index contributed by atoms with van der Waals surface area (Å²) >= 11 is 0. The van der Waals surface area contributed by atoms with Gasteiger partial charge in [0.2, 0.25) is 0 Å². The average Bonchev–Trinajstić information content (AvgIpc) is 2.57. The zero-order chi connectivity index (χ0) is 18.3. The van der Waals surface area contributed by atoms with Crippen LogP contribution < -0.4 is 10.2 Å². The summed E-state index contributed by atoms with van der Waals surface area (Å²) < 4.78 is 0. The van der Waals surface area contributed by atoms with Crippen molar-refractivity contribution in [1.29, 1.82) is 0 Å². The summed E-state index contributed by atoms with van der Waals surface area (Å²) in [7, 11) is 0. The largest absolute Gasteiger partial charge is 2.00 e. The second kappa shape index (κ2) is 9.75. The molecule has 0 spiro atoms. The van der Waals surface area contributed by atoms with Crippen LogP contribution in [0.15, 0.2) is 34.6 Å². The molecule has 0 bridgehead atoms. The van der Waals surface area contributed by atoms with Crippen LogP contribution in [0.1, 0.15) is 11.1 Å². The van der Waals surface area contributed by atoms with Crippen molar-refractivity contribution in [2.24, 2.45) is 10.3 Å². The van der Waals surface area contributed by atoms with E-state index in [4.69, 9.17) is 20.4 Å². The Hall–Kier alpha value is -3.30. The summed E-state index contributed by atoms with van der Waals surface area (Å²) in [5.74, 6) is -4.19. The summed E-state index contributed by atoms with van der Waals surface area (Å²) in [6, 6.07) is 4.60. The third-order valence-electron chi connectivity index (χ3n) is 2.66. The average molecular weight is 398 g/mol. The van der Waals surface area contributed by atoms with E-state index in [1.165, 1.54) is 12.1 Å². The predicted molar refractivity (Wildman–Crippen MR) is 80.4 cm³/mol. The van der Waals surface area contributed by atoms with Gasteiger partial charge in [0, 0.05) is 12.4 Å². The molecule has 0 unspecified atom stereocenters. The van der Waals surface area contributed by atoms with Crippen molar-refractivity contribution in [2.75, 3.05) is 0 Å². The van der Waals surface area contributed by atoms with Gasteiger partial charge >= 0.3 is 17.1 Å². The topological polar surface area (TPSA) is 198 Å². The van der Waals surface area contributed by atoms with Crippen molar-refractivity contribution < 1.29 is 47.7 Å². The molecule has 0 atom stereocenters. The Morgan fingerprint density at radius 2 is 1.00 bits per heavy atom. The Bertz CT molecular complexity index is 714. The summed E-state index contributed by atoms with van der Waals surface area (Å²) in [5, 5.41) is 81.5. The first-order valence-corrected chi connectivity index (χ1v) is 6.08. The fraction of sp³-hybridized carbons (Fsp3) is 0. The monoisotopic (exact) mass is 397 g/mol. The van der Waals surface area contributed by atoms with Crippen LogP contribution in [0, 0.1) is 10.4 Å². The Morgan fingerprint density at radius 1 is 0.680 bits per heavy atom. The van der Waals surface area contributed by atoms with Crippen LogP contribution in [-0.2, 0) is 17.1 Å². The number of nitrogens with zero attached hydrogens (tertiary/aromatic N) is 2. The van der Waals surface area contributed by atoms with Gasteiger partial charge in [-0.25, -0.2) is 0 Å². The molecule has 10 nitrogen and oxygen atoms in total. The van der Waals surface area contributed by atoms with Gasteiger partial charge in [-0.3, -0.25) is 0 Å². The van der Waals surface area contributed by atoms with Crippen molar-refractivity contribution in [2.45, 2.75) is 0 Å². The van der Waals surface area contributed by atoms with E-state index in [0.717, 1.165) is 24.6 Å². The maximum Gasteiger partial charge on any atom is 2.00 e. The van der Waals surface area contributed by atoms with Crippen LogP contribution in [0.25, 0.3) is 0 Å². The summed E-state index contributed by atoms with van der Waals surface area (Å²) in [6.07, 6.45) is 1.53. The van der Waals surface area contributed by atoms with E-state index < -0.39 is 34.5 Å². The maximum atomic E-state index is 10.9. The first kappa shape index (κ1) is 21.7. The van der Waals surface area contributed by atoms with Crippen LogP contribution in [-0.4, -0.2) is 32.9 Å². The molecule has 0 saturated heterocycles. The first-order chi connectivity index (χ1) is 11.3. The molecule has 0 saturated carbocycles. The Morgan fingerprint density at radius 3 is 1.28 bits per heavy atom. The third-order valence-corrected chi connectivity index (χ3v) is 2.66. The molecule has 2 rings (SSSR count). The van der Waals surface area contributed by atoms with Gasteiger partial charge in [0.15, 0.2) is 11.5 Å². The van der Waals surface area contributed by atoms with E-state index in [-0.39, 0.29) is 28.2 Å². The Labute approximate surface area is 151 Å². The zero-order valence-electron chi connectivity index (χ0n) is 12.1. The molecule has 11 heteroatoms. The minimum absolute atomic E-state index is 0. The second-order valence-electron chi connectivity index (χ2n) is 4.17. The van der Waals surface area contributed by atoms with Crippen molar-refractivity contribution in [3.05, 3.63) is 45.8 Å². The fourth-order valence-corrected chi connectivity index (χ4v) is 1.47. The normalized spacial score (nSPS) is 10.2. The van der Waals surface area contributed by atoms with Gasteiger partial charge in [0.05, 0.1) is 0 Å². The van der Waals surface area contributed by atoms with E-state index in [1.807, 2.05) is 0 Å². The first-order valence-electron chi connectivity index (χ1n) is 6.08. The van der Waals surface area contributed by atoms with Gasteiger partial charge < -0.3 is 51.4 Å². The van der Waals surface area contributed by atoms with Crippen LogP contribution in [0.3, 0.4) is 0 Å². The summed E-state index contributed by atoms with van der Waals surface area (Å²) in [5.41, 5.74) is -0.111. The van der Waals surface area contributed by atoms with Crippen LogP contribution in [0.5, 0.6) is 34.5 Å². The molecule has 0 heterocycles. The SMILES string of the molecule is [Cu+2].[O-]/N=C/c1ccc(O)c(O)c1[O-].[O-]/N=C/c1ccc(O)c(O)c1[O-]. The van der Waals surface area contributed by atoms with E-state index in [9.17, 15) is 20.6 Å². The molecule has 0 amide bonds. The van der Waals surface area contributed by atoms with E-state index in [0.29, 0.717) is 0 Å². The molecular weight excluding hydrogens is 388 g/mol. The van der Waals surface area contributed by atoms with Crippen molar-refractivity contribution in [3.63, 3.8) is 0 Å². The Kier molecular flexibility index (Phi) is 8.47. The van der Waals surface area contributed by atoms with Gasteiger partial charge in [-0.2, -0.15) is 0 Å². The maximum absolute atomic E-state index is 10.9. The van der Waals surface area contributed by atoms with E-state index in [2.05, 4.69) is 10.3 Å². The number of aromatic hydroxyl groups is 4. The number of hydrogen-bond acceptors (Lipinski definition) is 10. The number of hydrogen-bond donors (Lipinski definition) is 4. The van der Waals surface area contributed by atoms with Gasteiger partial charge in [-0.15, -0.1) is 0 Å². The molecule has 0 aliphatic heterocycles. The molecule has 2 aromatic carbocycles. The summed E-state index contributed by atoms with van der Waals surface area (Å²) in [4.78, 5) is 0. The van der Waals surface area contributed by atoms with Crippen molar-refractivity contribution in [1.82, 2.24) is 0 Å². The number of phenols is 4. The molecule has 1 radical (unpaired) electrons. The Balaban J connectivity index is 0.000000443.